The Morgan fingerprint density at radius 2 is 1.96 bits per heavy atom. The molecule has 1 aromatic heterocycles. The molecule has 0 spiro atoms. The summed E-state index contributed by atoms with van der Waals surface area (Å²) < 4.78 is 19.5. The number of hydrogen-bond acceptors (Lipinski definition) is 3. The summed E-state index contributed by atoms with van der Waals surface area (Å²) in [7, 11) is 0. The van der Waals surface area contributed by atoms with E-state index < -0.39 is 0 Å². The number of benzene rings is 1. The lowest BCUT2D eigenvalue weighted by molar-refractivity contribution is 0.567. The molecular formula is C20H14FNOS. The lowest BCUT2D eigenvalue weighted by Crippen LogP contribution is -1.86. The zero-order chi connectivity index (χ0) is 16.1. The molecule has 2 aromatic rings. The summed E-state index contributed by atoms with van der Waals surface area (Å²) in [5.41, 5.74) is 5.06. The predicted octanol–water partition coefficient (Wildman–Crippen LogP) is 5.80. The van der Waals surface area contributed by atoms with Crippen LogP contribution in [0.5, 0.6) is 0 Å². The zero-order valence-corrected chi connectivity index (χ0v) is 13.7. The van der Waals surface area contributed by atoms with E-state index in [1.165, 1.54) is 23.1 Å². The van der Waals surface area contributed by atoms with Gasteiger partial charge < -0.3 is 4.42 Å². The predicted molar refractivity (Wildman–Crippen MR) is 93.9 cm³/mol. The van der Waals surface area contributed by atoms with Crippen LogP contribution in [0.3, 0.4) is 0 Å². The minimum atomic E-state index is -0.236. The number of hydrogen-bond donors (Lipinski definition) is 0. The van der Waals surface area contributed by atoms with Crippen LogP contribution >= 0.6 is 11.3 Å². The number of aromatic nitrogens is 1. The van der Waals surface area contributed by atoms with Gasteiger partial charge in [0.1, 0.15) is 16.6 Å². The van der Waals surface area contributed by atoms with Crippen molar-refractivity contribution in [1.82, 2.24) is 4.98 Å². The molecule has 0 unspecified atom stereocenters. The van der Waals surface area contributed by atoms with Crippen LogP contribution in [0.4, 0.5) is 4.39 Å². The van der Waals surface area contributed by atoms with Crippen LogP contribution in [-0.4, -0.2) is 4.98 Å². The Morgan fingerprint density at radius 3 is 2.83 bits per heavy atom. The third-order valence-electron chi connectivity index (χ3n) is 4.55. The van der Waals surface area contributed by atoms with Crippen molar-refractivity contribution in [1.29, 1.82) is 0 Å². The van der Waals surface area contributed by atoms with Gasteiger partial charge in [-0.1, -0.05) is 0 Å². The lowest BCUT2D eigenvalue weighted by Gasteiger charge is -2.06. The van der Waals surface area contributed by atoms with Crippen LogP contribution in [-0.2, 0) is 12.8 Å². The van der Waals surface area contributed by atoms with Gasteiger partial charge in [-0.2, -0.15) is 0 Å². The molecule has 1 aliphatic heterocycles. The van der Waals surface area contributed by atoms with Gasteiger partial charge in [0, 0.05) is 16.0 Å². The molecule has 0 amide bonds. The van der Waals surface area contributed by atoms with Crippen molar-refractivity contribution in [2.24, 2.45) is 0 Å². The first-order valence-corrected chi connectivity index (χ1v) is 8.86. The summed E-state index contributed by atoms with van der Waals surface area (Å²) in [5.74, 6) is 0.574. The zero-order valence-electron chi connectivity index (χ0n) is 12.9. The summed E-state index contributed by atoms with van der Waals surface area (Å²) in [6.45, 7) is 0. The molecule has 0 radical (unpaired) electrons. The normalized spacial score (nSPS) is 13.5. The van der Waals surface area contributed by atoms with Gasteiger partial charge >= 0.3 is 0 Å². The second-order valence-electron chi connectivity index (χ2n) is 6.11. The highest BCUT2D eigenvalue weighted by molar-refractivity contribution is 7.15. The molecule has 0 fully saturated rings. The fourth-order valence-electron chi connectivity index (χ4n) is 3.40. The molecule has 5 rings (SSSR count). The molecule has 0 saturated carbocycles. The number of nitrogens with zero attached hydrogens (tertiary/aromatic N) is 1. The molecule has 2 nitrogen and oxygen atoms in total. The number of aryl methyl sites for hydroxylation is 2. The second-order valence-corrected chi connectivity index (χ2v) is 7.19. The third kappa shape index (κ3) is 2.18. The average Bonchev–Trinajstić information content (AvgIpc) is 3.28. The van der Waals surface area contributed by atoms with E-state index in [1.807, 2.05) is 30.3 Å². The van der Waals surface area contributed by atoms with Crippen LogP contribution in [0.25, 0.3) is 33.0 Å². The maximum atomic E-state index is 13.9. The minimum absolute atomic E-state index is 0.236. The molecular weight excluding hydrogens is 321 g/mol. The fourth-order valence-corrected chi connectivity index (χ4v) is 4.58. The molecule has 118 valence electrons. The highest BCUT2D eigenvalue weighted by Crippen LogP contribution is 2.41. The largest absolute Gasteiger partial charge is 0.464 e. The first-order valence-electron chi connectivity index (χ1n) is 8.04. The molecule has 4 heteroatoms. The van der Waals surface area contributed by atoms with Crippen molar-refractivity contribution in [3.63, 3.8) is 0 Å². The first-order chi connectivity index (χ1) is 11.8. The van der Waals surface area contributed by atoms with Crippen LogP contribution in [0.15, 0.2) is 53.1 Å². The van der Waals surface area contributed by atoms with Crippen LogP contribution in [0.2, 0.25) is 0 Å². The second kappa shape index (κ2) is 5.28. The number of rotatable bonds is 2. The maximum Gasteiger partial charge on any atom is 0.134 e. The molecule has 0 atom stereocenters. The van der Waals surface area contributed by atoms with Crippen LogP contribution in [0, 0.1) is 5.82 Å². The van der Waals surface area contributed by atoms with Crippen molar-refractivity contribution in [2.45, 2.75) is 19.3 Å². The van der Waals surface area contributed by atoms with E-state index in [0.717, 1.165) is 45.9 Å². The smallest absolute Gasteiger partial charge is 0.134 e. The molecule has 24 heavy (non-hydrogen) atoms. The highest BCUT2D eigenvalue weighted by atomic mass is 32.1. The van der Waals surface area contributed by atoms with Gasteiger partial charge in [0.2, 0.25) is 0 Å². The van der Waals surface area contributed by atoms with Crippen molar-refractivity contribution < 1.29 is 8.81 Å². The first kappa shape index (κ1) is 13.9. The number of halogens is 1. The standard InChI is InChI=1S/C20H14FNOS/c21-14-6-7-15(20-22-17-4-1-5-19(17)24-20)16(11-14)13-9-12-3-2-8-23-18(12)10-13/h2-3,6-11H,1,4-5H2. The molecule has 2 heterocycles. The average molecular weight is 335 g/mol. The van der Waals surface area contributed by atoms with Crippen molar-refractivity contribution in [3.8, 4) is 33.0 Å². The Bertz CT molecular complexity index is 965. The quantitative estimate of drug-likeness (QED) is 0.462. The SMILES string of the molecule is Fc1ccc(-c2nc3c(s2)CCC3)c(-c2cc3cccoc-3c2)c1. The Labute approximate surface area is 142 Å². The summed E-state index contributed by atoms with van der Waals surface area (Å²) in [6.07, 6.45) is 5.02. The molecule has 0 saturated heterocycles. The summed E-state index contributed by atoms with van der Waals surface area (Å²) in [4.78, 5) is 6.18. The van der Waals surface area contributed by atoms with Gasteiger partial charge in [0.05, 0.1) is 12.0 Å². The van der Waals surface area contributed by atoms with E-state index in [-0.39, 0.29) is 5.82 Å². The highest BCUT2D eigenvalue weighted by Gasteiger charge is 2.20. The van der Waals surface area contributed by atoms with Gasteiger partial charge in [-0.15, -0.1) is 11.3 Å². The van der Waals surface area contributed by atoms with E-state index in [4.69, 9.17) is 9.40 Å². The Morgan fingerprint density at radius 1 is 1.00 bits per heavy atom. The van der Waals surface area contributed by atoms with Crippen LogP contribution < -0.4 is 0 Å². The lowest BCUT2D eigenvalue weighted by atomic mass is 10.0. The Kier molecular flexibility index (Phi) is 3.06. The Hall–Kier alpha value is -2.46. The monoisotopic (exact) mass is 335 g/mol. The van der Waals surface area contributed by atoms with Crippen molar-refractivity contribution in [2.75, 3.05) is 0 Å². The summed E-state index contributed by atoms with van der Waals surface area (Å²) in [6, 6.07) is 12.8. The molecule has 3 aliphatic rings. The van der Waals surface area contributed by atoms with E-state index in [0.29, 0.717) is 0 Å². The number of thiazole rings is 1. The van der Waals surface area contributed by atoms with Crippen molar-refractivity contribution in [3.05, 3.63) is 65.1 Å². The van der Waals surface area contributed by atoms with Crippen LogP contribution in [0.1, 0.15) is 17.0 Å². The molecule has 0 N–H and O–H groups in total. The van der Waals surface area contributed by atoms with Gasteiger partial charge in [-0.25, -0.2) is 9.37 Å². The summed E-state index contributed by atoms with van der Waals surface area (Å²) >= 11 is 1.74. The summed E-state index contributed by atoms with van der Waals surface area (Å²) in [5, 5.41) is 0.983. The number of fused-ring (bicyclic) bond motifs is 2. The fraction of sp³-hybridized carbons (Fsp3) is 0.150. The van der Waals surface area contributed by atoms with E-state index >= 15 is 0 Å². The topological polar surface area (TPSA) is 26.0 Å². The molecule has 0 bridgehead atoms. The third-order valence-corrected chi connectivity index (χ3v) is 5.74. The Balaban J connectivity index is 1.70. The van der Waals surface area contributed by atoms with Gasteiger partial charge in [-0.3, -0.25) is 0 Å². The van der Waals surface area contributed by atoms with Crippen molar-refractivity contribution >= 4 is 11.3 Å². The van der Waals surface area contributed by atoms with Gasteiger partial charge in [0.25, 0.3) is 0 Å². The molecule has 1 aromatic carbocycles. The van der Waals surface area contributed by atoms with Gasteiger partial charge in [-0.05, 0) is 72.9 Å². The maximum absolute atomic E-state index is 13.9. The van der Waals surface area contributed by atoms with Gasteiger partial charge in [0.15, 0.2) is 0 Å². The van der Waals surface area contributed by atoms with E-state index in [1.54, 1.807) is 23.7 Å². The molecule has 2 aliphatic carbocycles. The minimum Gasteiger partial charge on any atom is -0.464 e. The van der Waals surface area contributed by atoms with E-state index in [2.05, 4.69) is 0 Å². The van der Waals surface area contributed by atoms with E-state index in [9.17, 15) is 4.39 Å².